The minimum Gasteiger partial charge on any atom is -0.497 e. The molecule has 0 saturated carbocycles. The van der Waals surface area contributed by atoms with E-state index in [-0.39, 0.29) is 0 Å². The Morgan fingerprint density at radius 3 is 2.75 bits per heavy atom. The summed E-state index contributed by atoms with van der Waals surface area (Å²) in [4.78, 5) is 2.39. The second-order valence-corrected chi connectivity index (χ2v) is 5.76. The summed E-state index contributed by atoms with van der Waals surface area (Å²) in [6.07, 6.45) is 1.20. The van der Waals surface area contributed by atoms with E-state index < -0.39 is 0 Å². The van der Waals surface area contributed by atoms with Crippen LogP contribution in [0.2, 0.25) is 0 Å². The summed E-state index contributed by atoms with van der Waals surface area (Å²) >= 11 is 0. The van der Waals surface area contributed by atoms with Gasteiger partial charge in [-0.3, -0.25) is 0 Å². The fourth-order valence-electron chi connectivity index (χ4n) is 2.82. The highest BCUT2D eigenvalue weighted by atomic mass is 16.5. The Morgan fingerprint density at radius 2 is 2.10 bits per heavy atom. The van der Waals surface area contributed by atoms with Crippen molar-refractivity contribution in [3.05, 3.63) is 18.2 Å². The number of benzene rings is 1. The summed E-state index contributed by atoms with van der Waals surface area (Å²) in [6, 6.07) is 6.53. The molecule has 0 aromatic heterocycles. The first-order valence-electron chi connectivity index (χ1n) is 7.34. The summed E-state index contributed by atoms with van der Waals surface area (Å²) in [5, 5.41) is 3.60. The Labute approximate surface area is 122 Å². The molecule has 1 aromatic rings. The summed E-state index contributed by atoms with van der Waals surface area (Å²) in [5.41, 5.74) is 1.13. The largest absolute Gasteiger partial charge is 0.497 e. The van der Waals surface area contributed by atoms with Crippen LogP contribution in [0.4, 0.5) is 5.69 Å². The van der Waals surface area contributed by atoms with Gasteiger partial charge < -0.3 is 19.7 Å². The lowest BCUT2D eigenvalue weighted by Gasteiger charge is -2.36. The number of nitrogens with zero attached hydrogens (tertiary/aromatic N) is 1. The third-order valence-electron chi connectivity index (χ3n) is 3.74. The zero-order valence-corrected chi connectivity index (χ0v) is 13.0. The van der Waals surface area contributed by atoms with E-state index in [1.54, 1.807) is 14.2 Å². The van der Waals surface area contributed by atoms with Crippen molar-refractivity contribution in [2.24, 2.45) is 5.92 Å². The molecule has 1 fully saturated rings. The first-order chi connectivity index (χ1) is 9.63. The van der Waals surface area contributed by atoms with Crippen molar-refractivity contribution in [3.63, 3.8) is 0 Å². The van der Waals surface area contributed by atoms with Crippen LogP contribution in [-0.2, 0) is 0 Å². The van der Waals surface area contributed by atoms with Gasteiger partial charge in [0.05, 0.1) is 19.9 Å². The average Bonchev–Trinajstić information content (AvgIpc) is 2.46. The summed E-state index contributed by atoms with van der Waals surface area (Å²) in [5.74, 6) is 2.50. The summed E-state index contributed by atoms with van der Waals surface area (Å²) in [7, 11) is 3.42. The number of hydrogen-bond donors (Lipinski definition) is 1. The monoisotopic (exact) mass is 278 g/mol. The van der Waals surface area contributed by atoms with E-state index in [2.05, 4.69) is 30.1 Å². The first-order valence-corrected chi connectivity index (χ1v) is 7.34. The van der Waals surface area contributed by atoms with Gasteiger partial charge in [0.15, 0.2) is 0 Å². The van der Waals surface area contributed by atoms with Crippen molar-refractivity contribution in [1.29, 1.82) is 0 Å². The third kappa shape index (κ3) is 3.57. The Morgan fingerprint density at radius 1 is 1.30 bits per heavy atom. The third-order valence-corrected chi connectivity index (χ3v) is 3.74. The van der Waals surface area contributed by atoms with Crippen LogP contribution in [0.15, 0.2) is 18.2 Å². The molecule has 1 atom stereocenters. The van der Waals surface area contributed by atoms with E-state index in [9.17, 15) is 0 Å². The van der Waals surface area contributed by atoms with Gasteiger partial charge in [-0.15, -0.1) is 0 Å². The molecule has 1 saturated heterocycles. The molecule has 1 N–H and O–H groups in total. The predicted molar refractivity (Wildman–Crippen MR) is 83.0 cm³/mol. The van der Waals surface area contributed by atoms with Gasteiger partial charge in [-0.2, -0.15) is 0 Å². The SMILES string of the molecule is COc1ccc(OC)c(N2CCNC(CC(C)C)C2)c1. The molecule has 0 spiro atoms. The molecule has 1 aliphatic heterocycles. The quantitative estimate of drug-likeness (QED) is 0.897. The number of piperazine rings is 1. The lowest BCUT2D eigenvalue weighted by molar-refractivity contribution is 0.378. The van der Waals surface area contributed by atoms with Gasteiger partial charge >= 0.3 is 0 Å². The molecule has 1 aromatic carbocycles. The fourth-order valence-corrected chi connectivity index (χ4v) is 2.82. The fraction of sp³-hybridized carbons (Fsp3) is 0.625. The number of hydrogen-bond acceptors (Lipinski definition) is 4. The molecular weight excluding hydrogens is 252 g/mol. The minimum absolute atomic E-state index is 0.541. The van der Waals surface area contributed by atoms with Gasteiger partial charge in [0.25, 0.3) is 0 Å². The molecule has 0 bridgehead atoms. The lowest BCUT2D eigenvalue weighted by atomic mass is 10.0. The van der Waals surface area contributed by atoms with Gasteiger partial charge in [0, 0.05) is 31.7 Å². The van der Waals surface area contributed by atoms with Gasteiger partial charge in [-0.25, -0.2) is 0 Å². The Hall–Kier alpha value is -1.42. The lowest BCUT2D eigenvalue weighted by Crippen LogP contribution is -2.51. The standard InChI is InChI=1S/C16H26N2O2/c1-12(2)9-13-11-18(8-7-17-13)15-10-14(19-3)5-6-16(15)20-4/h5-6,10,12-13,17H,7-9,11H2,1-4H3. The molecule has 4 nitrogen and oxygen atoms in total. The van der Waals surface area contributed by atoms with E-state index in [0.717, 1.165) is 36.8 Å². The predicted octanol–water partition coefficient (Wildman–Crippen LogP) is 2.53. The van der Waals surface area contributed by atoms with Crippen LogP contribution < -0.4 is 19.7 Å². The highest BCUT2D eigenvalue weighted by molar-refractivity contribution is 5.62. The molecule has 4 heteroatoms. The average molecular weight is 278 g/mol. The van der Waals surface area contributed by atoms with Crippen LogP contribution in [0.25, 0.3) is 0 Å². The molecule has 1 aliphatic rings. The molecule has 20 heavy (non-hydrogen) atoms. The number of rotatable bonds is 5. The van der Waals surface area contributed by atoms with Crippen LogP contribution in [0, 0.1) is 5.92 Å². The number of methoxy groups -OCH3 is 2. The van der Waals surface area contributed by atoms with Crippen LogP contribution in [0.3, 0.4) is 0 Å². The Bertz CT molecular complexity index is 434. The molecule has 0 aliphatic carbocycles. The molecule has 2 rings (SSSR count). The van der Waals surface area contributed by atoms with Gasteiger partial charge in [0.2, 0.25) is 0 Å². The molecule has 1 heterocycles. The van der Waals surface area contributed by atoms with Crippen molar-refractivity contribution in [2.45, 2.75) is 26.3 Å². The van der Waals surface area contributed by atoms with Crippen molar-refractivity contribution in [3.8, 4) is 11.5 Å². The number of anilines is 1. The maximum atomic E-state index is 5.50. The normalized spacial score (nSPS) is 19.2. The van der Waals surface area contributed by atoms with Crippen LogP contribution in [-0.4, -0.2) is 39.9 Å². The van der Waals surface area contributed by atoms with Crippen LogP contribution >= 0.6 is 0 Å². The molecular formula is C16H26N2O2. The highest BCUT2D eigenvalue weighted by Crippen LogP contribution is 2.33. The van der Waals surface area contributed by atoms with Crippen molar-refractivity contribution < 1.29 is 9.47 Å². The van der Waals surface area contributed by atoms with Crippen LogP contribution in [0.1, 0.15) is 20.3 Å². The van der Waals surface area contributed by atoms with E-state index in [1.165, 1.54) is 6.42 Å². The zero-order valence-electron chi connectivity index (χ0n) is 13.0. The summed E-state index contributed by atoms with van der Waals surface area (Å²) < 4.78 is 10.8. The minimum atomic E-state index is 0.541. The molecule has 0 amide bonds. The van der Waals surface area contributed by atoms with Gasteiger partial charge in [-0.05, 0) is 24.5 Å². The Balaban J connectivity index is 2.17. The topological polar surface area (TPSA) is 33.7 Å². The second kappa shape index (κ2) is 6.84. The first kappa shape index (κ1) is 15.0. The maximum absolute atomic E-state index is 5.50. The van der Waals surface area contributed by atoms with Gasteiger partial charge in [0.1, 0.15) is 11.5 Å². The smallest absolute Gasteiger partial charge is 0.142 e. The number of ether oxygens (including phenoxy) is 2. The molecule has 1 unspecified atom stereocenters. The van der Waals surface area contributed by atoms with Crippen LogP contribution in [0.5, 0.6) is 11.5 Å². The van der Waals surface area contributed by atoms with Crippen molar-refractivity contribution in [2.75, 3.05) is 38.8 Å². The summed E-state index contributed by atoms with van der Waals surface area (Å²) in [6.45, 7) is 7.57. The maximum Gasteiger partial charge on any atom is 0.142 e. The van der Waals surface area contributed by atoms with E-state index in [0.29, 0.717) is 12.0 Å². The molecule has 0 radical (unpaired) electrons. The molecule has 112 valence electrons. The second-order valence-electron chi connectivity index (χ2n) is 5.76. The number of nitrogens with one attached hydrogen (secondary N) is 1. The van der Waals surface area contributed by atoms with E-state index >= 15 is 0 Å². The van der Waals surface area contributed by atoms with Crippen molar-refractivity contribution in [1.82, 2.24) is 5.32 Å². The van der Waals surface area contributed by atoms with Crippen molar-refractivity contribution >= 4 is 5.69 Å². The van der Waals surface area contributed by atoms with E-state index in [4.69, 9.17) is 9.47 Å². The highest BCUT2D eigenvalue weighted by Gasteiger charge is 2.22. The zero-order chi connectivity index (χ0) is 14.5. The Kier molecular flexibility index (Phi) is 5.12. The van der Waals surface area contributed by atoms with E-state index in [1.807, 2.05) is 12.1 Å². The van der Waals surface area contributed by atoms with Gasteiger partial charge in [-0.1, -0.05) is 13.8 Å².